The van der Waals surface area contributed by atoms with Crippen molar-refractivity contribution < 1.29 is 13.2 Å². The van der Waals surface area contributed by atoms with Crippen LogP contribution in [0.15, 0.2) is 61.2 Å². The molecule has 0 aliphatic heterocycles. The topological polar surface area (TPSA) is 68.2 Å². The molecule has 0 amide bonds. The second-order valence-electron chi connectivity index (χ2n) is 4.60. The van der Waals surface area contributed by atoms with E-state index in [1.165, 1.54) is 29.5 Å². The highest BCUT2D eigenvalue weighted by Crippen LogP contribution is 2.32. The molecule has 2 aromatic rings. The summed E-state index contributed by atoms with van der Waals surface area (Å²) in [7, 11) is 0. The van der Waals surface area contributed by atoms with Crippen molar-refractivity contribution in [1.82, 2.24) is 9.99 Å². The van der Waals surface area contributed by atoms with Crippen molar-refractivity contribution in [2.45, 2.75) is 12.2 Å². The summed E-state index contributed by atoms with van der Waals surface area (Å²) in [6, 6.07) is 7.87. The van der Waals surface area contributed by atoms with Crippen LogP contribution in [0.1, 0.15) is 22.7 Å². The molecular formula is C15H15F3N4. The van der Waals surface area contributed by atoms with Gasteiger partial charge in [0.2, 0.25) is 0 Å². The largest absolute Gasteiger partial charge is 0.416 e. The first-order valence-corrected chi connectivity index (χ1v) is 6.42. The van der Waals surface area contributed by atoms with Crippen LogP contribution < -0.4 is 11.6 Å². The summed E-state index contributed by atoms with van der Waals surface area (Å²) in [5.74, 6) is 5.93. The number of pyridine rings is 1. The van der Waals surface area contributed by atoms with Crippen molar-refractivity contribution in [2.75, 3.05) is 0 Å². The van der Waals surface area contributed by atoms with E-state index < -0.39 is 17.8 Å². The molecule has 0 saturated carbocycles. The Kier molecular flexibility index (Phi) is 4.67. The molecule has 22 heavy (non-hydrogen) atoms. The van der Waals surface area contributed by atoms with Crippen molar-refractivity contribution in [2.24, 2.45) is 11.6 Å². The number of benzene rings is 1. The second kappa shape index (κ2) is 6.48. The molecule has 2 rings (SSSR count). The summed E-state index contributed by atoms with van der Waals surface area (Å²) in [4.78, 5) is 4.01. The predicted molar refractivity (Wildman–Crippen MR) is 76.9 cm³/mol. The lowest BCUT2D eigenvalue weighted by Gasteiger charge is -2.27. The number of hydrogen-bond acceptors (Lipinski definition) is 4. The van der Waals surface area contributed by atoms with E-state index in [1.54, 1.807) is 24.5 Å². The van der Waals surface area contributed by atoms with Gasteiger partial charge in [-0.15, -0.1) is 0 Å². The molecule has 4 nitrogen and oxygen atoms in total. The van der Waals surface area contributed by atoms with E-state index in [9.17, 15) is 13.2 Å². The van der Waals surface area contributed by atoms with Gasteiger partial charge in [0.1, 0.15) is 0 Å². The van der Waals surface area contributed by atoms with Crippen LogP contribution in [0, 0.1) is 0 Å². The van der Waals surface area contributed by atoms with E-state index in [2.05, 4.69) is 4.98 Å². The van der Waals surface area contributed by atoms with Gasteiger partial charge in [0.25, 0.3) is 0 Å². The Morgan fingerprint density at radius 1 is 1.09 bits per heavy atom. The molecule has 116 valence electrons. The molecule has 7 heteroatoms. The second-order valence-corrected chi connectivity index (χ2v) is 4.60. The summed E-state index contributed by atoms with van der Waals surface area (Å²) < 4.78 is 38.0. The minimum atomic E-state index is -4.37. The van der Waals surface area contributed by atoms with E-state index in [-0.39, 0.29) is 0 Å². The van der Waals surface area contributed by atoms with Gasteiger partial charge in [-0.25, -0.2) is 5.84 Å². The third-order valence-electron chi connectivity index (χ3n) is 3.11. The van der Waals surface area contributed by atoms with Gasteiger partial charge >= 0.3 is 6.18 Å². The van der Waals surface area contributed by atoms with Gasteiger partial charge < -0.3 is 10.7 Å². The van der Waals surface area contributed by atoms with Crippen molar-refractivity contribution in [3.05, 3.63) is 77.9 Å². The summed E-state index contributed by atoms with van der Waals surface area (Å²) in [6.07, 6.45) is 1.53. The average molecular weight is 308 g/mol. The van der Waals surface area contributed by atoms with Crippen LogP contribution in [0.2, 0.25) is 0 Å². The van der Waals surface area contributed by atoms with Crippen LogP contribution in [0.3, 0.4) is 0 Å². The summed E-state index contributed by atoms with van der Waals surface area (Å²) in [5.41, 5.74) is 5.97. The monoisotopic (exact) mass is 308 g/mol. The van der Waals surface area contributed by atoms with Crippen LogP contribution in [-0.4, -0.2) is 9.99 Å². The fourth-order valence-corrected chi connectivity index (χ4v) is 2.11. The number of halogens is 3. The molecule has 0 bridgehead atoms. The molecule has 4 N–H and O–H groups in total. The van der Waals surface area contributed by atoms with Crippen LogP contribution in [0.5, 0.6) is 0 Å². The van der Waals surface area contributed by atoms with Crippen LogP contribution in [-0.2, 0) is 6.18 Å². The number of aromatic nitrogens is 1. The Bertz CT molecular complexity index is 623. The van der Waals surface area contributed by atoms with Crippen molar-refractivity contribution in [3.8, 4) is 0 Å². The van der Waals surface area contributed by atoms with E-state index in [4.69, 9.17) is 11.6 Å². The quantitative estimate of drug-likeness (QED) is 0.673. The van der Waals surface area contributed by atoms with Crippen molar-refractivity contribution >= 4 is 0 Å². The van der Waals surface area contributed by atoms with E-state index in [0.717, 1.165) is 17.7 Å². The molecule has 1 aromatic heterocycles. The van der Waals surface area contributed by atoms with Crippen molar-refractivity contribution in [1.29, 1.82) is 0 Å². The van der Waals surface area contributed by atoms with Gasteiger partial charge in [0.05, 0.1) is 11.6 Å². The number of hydrazine groups is 1. The fraction of sp³-hybridized carbons (Fsp3) is 0.133. The minimum Gasteiger partial charge on any atom is -0.403 e. The maximum absolute atomic E-state index is 12.7. The molecule has 0 fully saturated rings. The Hall–Kier alpha value is -2.54. The lowest BCUT2D eigenvalue weighted by Crippen LogP contribution is -2.31. The van der Waals surface area contributed by atoms with Gasteiger partial charge in [-0.2, -0.15) is 13.2 Å². The van der Waals surface area contributed by atoms with Gasteiger partial charge in [0.15, 0.2) is 0 Å². The summed E-state index contributed by atoms with van der Waals surface area (Å²) in [5, 5.41) is 1.32. The fourth-order valence-electron chi connectivity index (χ4n) is 2.11. The predicted octanol–water partition coefficient (Wildman–Crippen LogP) is 2.80. The number of nitrogens with two attached hydrogens (primary N) is 2. The van der Waals surface area contributed by atoms with E-state index in [1.807, 2.05) is 0 Å². The first-order chi connectivity index (χ1) is 10.4. The first kappa shape index (κ1) is 15.8. The minimum absolute atomic E-state index is 0.490. The molecule has 0 spiro atoms. The maximum atomic E-state index is 12.7. The number of hydrogen-bond donors (Lipinski definition) is 2. The molecule has 1 aromatic carbocycles. The molecule has 1 atom stereocenters. The molecule has 0 saturated heterocycles. The molecular weight excluding hydrogens is 293 g/mol. The van der Waals surface area contributed by atoms with E-state index in [0.29, 0.717) is 5.56 Å². The van der Waals surface area contributed by atoms with Crippen LogP contribution in [0.25, 0.3) is 0 Å². The Labute approximate surface area is 125 Å². The lowest BCUT2D eigenvalue weighted by molar-refractivity contribution is -0.137. The molecule has 1 unspecified atom stereocenters. The highest BCUT2D eigenvalue weighted by Gasteiger charge is 2.30. The van der Waals surface area contributed by atoms with Gasteiger partial charge in [-0.05, 0) is 29.3 Å². The zero-order chi connectivity index (χ0) is 16.2. The highest BCUT2D eigenvalue weighted by atomic mass is 19.4. The number of rotatable bonds is 4. The lowest BCUT2D eigenvalue weighted by atomic mass is 9.98. The van der Waals surface area contributed by atoms with Gasteiger partial charge in [0, 0.05) is 24.8 Å². The van der Waals surface area contributed by atoms with Gasteiger partial charge in [-0.1, -0.05) is 18.2 Å². The Morgan fingerprint density at radius 3 is 2.27 bits per heavy atom. The average Bonchev–Trinajstić information content (AvgIpc) is 2.48. The van der Waals surface area contributed by atoms with E-state index >= 15 is 0 Å². The highest BCUT2D eigenvalue weighted by molar-refractivity contribution is 5.33. The third-order valence-corrected chi connectivity index (χ3v) is 3.11. The maximum Gasteiger partial charge on any atom is 0.416 e. The first-order valence-electron chi connectivity index (χ1n) is 6.42. The van der Waals surface area contributed by atoms with Crippen LogP contribution >= 0.6 is 0 Å². The standard InChI is InChI=1S/C15H15F3N4/c16-15(17,18)13-5-3-11(4-6-13)14(22(20)9-7-19)12-2-1-8-21-10-12/h1-10,14H,19-20H2/b9-7-. The summed E-state index contributed by atoms with van der Waals surface area (Å²) in [6.45, 7) is 0. The Morgan fingerprint density at radius 2 is 1.77 bits per heavy atom. The molecule has 0 aliphatic carbocycles. The van der Waals surface area contributed by atoms with Crippen LogP contribution in [0.4, 0.5) is 13.2 Å². The van der Waals surface area contributed by atoms with Crippen molar-refractivity contribution in [3.63, 3.8) is 0 Å². The molecule has 0 radical (unpaired) electrons. The zero-order valence-corrected chi connectivity index (χ0v) is 11.5. The normalized spacial score (nSPS) is 13.3. The number of alkyl halides is 3. The summed E-state index contributed by atoms with van der Waals surface area (Å²) >= 11 is 0. The Balaban J connectivity index is 2.41. The van der Waals surface area contributed by atoms with Gasteiger partial charge in [-0.3, -0.25) is 4.98 Å². The smallest absolute Gasteiger partial charge is 0.403 e. The third kappa shape index (κ3) is 3.56. The number of nitrogens with zero attached hydrogens (tertiary/aromatic N) is 2. The zero-order valence-electron chi connectivity index (χ0n) is 11.5. The SMILES string of the molecule is N/C=C\N(N)C(c1ccc(C(F)(F)F)cc1)c1cccnc1. The molecule has 0 aliphatic rings. The molecule has 1 heterocycles.